The molecule has 9 nitrogen and oxygen atoms in total. The first-order valence-electron chi connectivity index (χ1n) is 6.58. The second kappa shape index (κ2) is 5.50. The van der Waals surface area contributed by atoms with Gasteiger partial charge in [0, 0.05) is 17.3 Å². The second-order valence-corrected chi connectivity index (χ2v) is 6.51. The van der Waals surface area contributed by atoms with Crippen LogP contribution in [0.25, 0.3) is 11.1 Å². The van der Waals surface area contributed by atoms with Crippen LogP contribution in [0.15, 0.2) is 24.5 Å². The fourth-order valence-corrected chi connectivity index (χ4v) is 3.49. The number of carbonyl (C=O) groups excluding carboxylic acids is 1. The number of nitriles is 1. The number of rotatable bonds is 3. The lowest BCUT2D eigenvalue weighted by Crippen LogP contribution is -2.30. The highest BCUT2D eigenvalue weighted by molar-refractivity contribution is 7.92. The quantitative estimate of drug-likeness (QED) is 0.807. The number of phenolic OH excluding ortho intramolecular Hbond substituents is 1. The third kappa shape index (κ3) is 2.52. The summed E-state index contributed by atoms with van der Waals surface area (Å²) in [5.74, 6) is -2.48. The van der Waals surface area contributed by atoms with E-state index in [1.807, 2.05) is 6.07 Å². The van der Waals surface area contributed by atoms with Crippen LogP contribution in [0.4, 0.5) is 10.1 Å². The zero-order valence-corrected chi connectivity index (χ0v) is 12.8. The van der Waals surface area contributed by atoms with Crippen molar-refractivity contribution in [2.45, 2.75) is 6.54 Å². The van der Waals surface area contributed by atoms with Crippen LogP contribution in [0.1, 0.15) is 0 Å². The van der Waals surface area contributed by atoms with Gasteiger partial charge in [0.25, 0.3) is 5.91 Å². The Balaban J connectivity index is 2.12. The molecule has 24 heavy (non-hydrogen) atoms. The molecule has 0 spiro atoms. The third-order valence-corrected chi connectivity index (χ3v) is 4.72. The highest BCUT2D eigenvalue weighted by Crippen LogP contribution is 2.38. The SMILES string of the molecule is N#CCn1cc(-c2ccc(O)c(N3CC(=O)NS3(=O)=O)c2F)cn1. The lowest BCUT2D eigenvalue weighted by atomic mass is 10.1. The molecule has 2 N–H and O–H groups in total. The normalized spacial score (nSPS) is 16.0. The standard InChI is InChI=1S/C13H10FN5O4S/c14-12-9(8-5-16-18(6-8)4-3-15)1-2-10(20)13(12)19-7-11(21)17-24(19,22)23/h1-2,5-6,20H,4,7H2,(H,17,21). The van der Waals surface area contributed by atoms with Crippen molar-refractivity contribution in [3.8, 4) is 22.9 Å². The first-order chi connectivity index (χ1) is 11.3. The summed E-state index contributed by atoms with van der Waals surface area (Å²) < 4.78 is 42.0. The first-order valence-corrected chi connectivity index (χ1v) is 8.02. The Morgan fingerprint density at radius 2 is 2.21 bits per heavy atom. The van der Waals surface area contributed by atoms with Crippen molar-refractivity contribution < 1.29 is 22.7 Å². The number of carbonyl (C=O) groups is 1. The number of halogens is 1. The highest BCUT2D eigenvalue weighted by atomic mass is 32.2. The van der Waals surface area contributed by atoms with Gasteiger partial charge in [-0.2, -0.15) is 18.8 Å². The molecule has 1 saturated heterocycles. The Morgan fingerprint density at radius 3 is 2.83 bits per heavy atom. The molecule has 0 saturated carbocycles. The molecular weight excluding hydrogens is 341 g/mol. The van der Waals surface area contributed by atoms with Crippen LogP contribution in [0.2, 0.25) is 0 Å². The number of benzene rings is 1. The van der Waals surface area contributed by atoms with Gasteiger partial charge in [-0.25, -0.2) is 13.4 Å². The Labute approximate surface area is 135 Å². The lowest BCUT2D eigenvalue weighted by Gasteiger charge is -2.18. The fourth-order valence-electron chi connectivity index (χ4n) is 2.32. The number of nitrogens with zero attached hydrogens (tertiary/aromatic N) is 4. The average Bonchev–Trinajstić information content (AvgIpc) is 3.04. The van der Waals surface area contributed by atoms with Crippen LogP contribution in [0, 0.1) is 17.1 Å². The van der Waals surface area contributed by atoms with Gasteiger partial charge >= 0.3 is 10.2 Å². The van der Waals surface area contributed by atoms with E-state index in [0.717, 1.165) is 6.07 Å². The van der Waals surface area contributed by atoms with Crippen molar-refractivity contribution in [3.05, 3.63) is 30.3 Å². The molecule has 0 radical (unpaired) electrons. The van der Waals surface area contributed by atoms with E-state index < -0.39 is 39.9 Å². The minimum atomic E-state index is -4.27. The van der Waals surface area contributed by atoms with E-state index in [4.69, 9.17) is 5.26 Å². The summed E-state index contributed by atoms with van der Waals surface area (Å²) in [5, 5.41) is 22.4. The molecule has 3 rings (SSSR count). The molecule has 124 valence electrons. The number of hydrogen-bond donors (Lipinski definition) is 2. The maximum atomic E-state index is 14.8. The van der Waals surface area contributed by atoms with Crippen molar-refractivity contribution >= 4 is 21.8 Å². The van der Waals surface area contributed by atoms with Crippen LogP contribution in [-0.2, 0) is 21.5 Å². The Morgan fingerprint density at radius 1 is 1.46 bits per heavy atom. The van der Waals surface area contributed by atoms with Gasteiger partial charge in [-0.05, 0) is 12.1 Å². The molecule has 2 aromatic rings. The maximum Gasteiger partial charge on any atom is 0.326 e. The molecule has 1 aromatic carbocycles. The Bertz CT molecular complexity index is 979. The van der Waals surface area contributed by atoms with Gasteiger partial charge in [-0.3, -0.25) is 9.48 Å². The van der Waals surface area contributed by atoms with E-state index in [2.05, 4.69) is 5.10 Å². The molecule has 0 unspecified atom stereocenters. The summed E-state index contributed by atoms with van der Waals surface area (Å²) >= 11 is 0. The van der Waals surface area contributed by atoms with E-state index in [1.54, 1.807) is 4.72 Å². The number of nitrogens with one attached hydrogen (secondary N) is 1. The smallest absolute Gasteiger partial charge is 0.326 e. The summed E-state index contributed by atoms with van der Waals surface area (Å²) in [5.41, 5.74) is -0.361. The van der Waals surface area contributed by atoms with Crippen LogP contribution in [-0.4, -0.2) is 35.8 Å². The van der Waals surface area contributed by atoms with Gasteiger partial charge in [-0.15, -0.1) is 0 Å². The van der Waals surface area contributed by atoms with Crippen LogP contribution in [0.5, 0.6) is 5.75 Å². The minimum Gasteiger partial charge on any atom is -0.506 e. The molecule has 1 aliphatic rings. The topological polar surface area (TPSA) is 128 Å². The van der Waals surface area contributed by atoms with Crippen molar-refractivity contribution in [2.24, 2.45) is 0 Å². The number of amides is 1. The summed E-state index contributed by atoms with van der Waals surface area (Å²) in [4.78, 5) is 11.3. The van der Waals surface area contributed by atoms with Crippen molar-refractivity contribution in [2.75, 3.05) is 10.8 Å². The van der Waals surface area contributed by atoms with Crippen molar-refractivity contribution in [1.29, 1.82) is 5.26 Å². The van der Waals surface area contributed by atoms with Crippen molar-refractivity contribution in [1.82, 2.24) is 14.5 Å². The molecule has 1 amide bonds. The molecule has 0 bridgehead atoms. The van der Waals surface area contributed by atoms with Gasteiger partial charge in [-0.1, -0.05) is 0 Å². The largest absolute Gasteiger partial charge is 0.506 e. The van der Waals surface area contributed by atoms with Gasteiger partial charge in [0.1, 0.15) is 24.5 Å². The Kier molecular flexibility index (Phi) is 3.61. The molecule has 1 aromatic heterocycles. The molecule has 2 heterocycles. The van der Waals surface area contributed by atoms with E-state index >= 15 is 0 Å². The fraction of sp³-hybridized carbons (Fsp3) is 0.154. The number of anilines is 1. The maximum absolute atomic E-state index is 14.8. The average molecular weight is 351 g/mol. The monoisotopic (exact) mass is 351 g/mol. The molecule has 11 heteroatoms. The van der Waals surface area contributed by atoms with Gasteiger partial charge < -0.3 is 5.11 Å². The first kappa shape index (κ1) is 15.8. The number of hydrogen-bond acceptors (Lipinski definition) is 6. The highest BCUT2D eigenvalue weighted by Gasteiger charge is 2.38. The molecule has 1 fully saturated rings. The van der Waals surface area contributed by atoms with E-state index in [1.165, 1.54) is 23.1 Å². The van der Waals surface area contributed by atoms with Crippen LogP contribution < -0.4 is 9.03 Å². The molecule has 0 atom stereocenters. The molecule has 1 aliphatic heterocycles. The van der Waals surface area contributed by atoms with Gasteiger partial charge in [0.05, 0.1) is 12.3 Å². The minimum absolute atomic E-state index is 0.0264. The van der Waals surface area contributed by atoms with Gasteiger partial charge in [0.15, 0.2) is 5.82 Å². The second-order valence-electron chi connectivity index (χ2n) is 4.92. The summed E-state index contributed by atoms with van der Waals surface area (Å²) in [6.45, 7) is -0.671. The van der Waals surface area contributed by atoms with Crippen LogP contribution >= 0.6 is 0 Å². The summed E-state index contributed by atoms with van der Waals surface area (Å²) in [7, 11) is -4.27. The van der Waals surface area contributed by atoms with Crippen LogP contribution in [0.3, 0.4) is 0 Å². The third-order valence-electron chi connectivity index (χ3n) is 3.34. The predicted molar refractivity (Wildman–Crippen MR) is 79.3 cm³/mol. The van der Waals surface area contributed by atoms with E-state index in [9.17, 15) is 22.7 Å². The van der Waals surface area contributed by atoms with Crippen molar-refractivity contribution in [3.63, 3.8) is 0 Å². The van der Waals surface area contributed by atoms with E-state index in [-0.39, 0.29) is 12.1 Å². The summed E-state index contributed by atoms with van der Waals surface area (Å²) in [6.07, 6.45) is 2.71. The van der Waals surface area contributed by atoms with Gasteiger partial charge in [0.2, 0.25) is 0 Å². The van der Waals surface area contributed by atoms with E-state index in [0.29, 0.717) is 9.87 Å². The summed E-state index contributed by atoms with van der Waals surface area (Å²) in [6, 6.07) is 4.25. The molecular formula is C13H10FN5O4S. The zero-order chi connectivity index (χ0) is 17.5. The number of phenols is 1. The predicted octanol–water partition coefficient (Wildman–Crippen LogP) is 0.0994. The zero-order valence-electron chi connectivity index (χ0n) is 12.0. The lowest BCUT2D eigenvalue weighted by molar-refractivity contribution is -0.117. The number of aromatic hydroxyl groups is 1. The molecule has 0 aliphatic carbocycles. The number of aromatic nitrogens is 2. The Hall–Kier alpha value is -3.13.